The quantitative estimate of drug-likeness (QED) is 0.786. The zero-order chi connectivity index (χ0) is 17.3. The van der Waals surface area contributed by atoms with E-state index in [-0.39, 0.29) is 23.9 Å². The third-order valence-electron chi connectivity index (χ3n) is 3.81. The molecule has 1 aromatic carbocycles. The summed E-state index contributed by atoms with van der Waals surface area (Å²) in [5, 5.41) is 6.46. The zero-order valence-corrected chi connectivity index (χ0v) is 12.4. The molecule has 2 aromatic rings. The number of likely N-dealkylation sites (tertiary alicyclic amines) is 1. The molecule has 1 fully saturated rings. The Bertz CT molecular complexity index is 744. The first-order valence-corrected chi connectivity index (χ1v) is 7.30. The van der Waals surface area contributed by atoms with Crippen LogP contribution in [0.5, 0.6) is 0 Å². The van der Waals surface area contributed by atoms with Gasteiger partial charge in [0.15, 0.2) is 0 Å². The van der Waals surface area contributed by atoms with Crippen molar-refractivity contribution in [1.82, 2.24) is 15.1 Å². The fourth-order valence-corrected chi connectivity index (χ4v) is 2.68. The molecule has 5 nitrogen and oxygen atoms in total. The molecule has 1 atom stereocenters. The number of piperidine rings is 1. The fourth-order valence-electron chi connectivity index (χ4n) is 2.68. The monoisotopic (exact) mass is 343 g/mol. The number of nitrogens with zero attached hydrogens (tertiary/aromatic N) is 3. The van der Waals surface area contributed by atoms with Gasteiger partial charge in [0, 0.05) is 18.7 Å². The highest BCUT2D eigenvalue weighted by atomic mass is 19.4. The van der Waals surface area contributed by atoms with Gasteiger partial charge in [0.25, 0.3) is 5.91 Å². The average Bonchev–Trinajstić information content (AvgIpc) is 3.04. The number of carbonyl (C=O) groups excluding carboxylic acids is 1. The lowest BCUT2D eigenvalue weighted by molar-refractivity contribution is -0.157. The smallest absolute Gasteiger partial charge is 0.417 e. The van der Waals surface area contributed by atoms with Crippen molar-refractivity contribution in [3.05, 3.63) is 47.4 Å². The highest BCUT2D eigenvalue weighted by Gasteiger charge is 2.39. The molecule has 0 aliphatic carbocycles. The molecule has 1 saturated heterocycles. The Morgan fingerprint density at radius 3 is 2.75 bits per heavy atom. The van der Waals surface area contributed by atoms with Gasteiger partial charge in [-0.2, -0.15) is 13.2 Å². The highest BCUT2D eigenvalue weighted by molar-refractivity contribution is 5.94. The zero-order valence-electron chi connectivity index (χ0n) is 12.4. The summed E-state index contributed by atoms with van der Waals surface area (Å²) in [5.41, 5.74) is 0.192. The van der Waals surface area contributed by atoms with Crippen LogP contribution < -0.4 is 0 Å². The average molecular weight is 343 g/mol. The predicted octanol–water partition coefficient (Wildman–Crippen LogP) is 3.25. The van der Waals surface area contributed by atoms with E-state index in [1.165, 1.54) is 23.1 Å². The van der Waals surface area contributed by atoms with Gasteiger partial charge < -0.3 is 9.32 Å². The number of carbonyl (C=O) groups is 1. The van der Waals surface area contributed by atoms with Crippen molar-refractivity contribution in [3.8, 4) is 0 Å². The Morgan fingerprint density at radius 1 is 1.29 bits per heavy atom. The lowest BCUT2D eigenvalue weighted by Crippen LogP contribution is -2.39. The summed E-state index contributed by atoms with van der Waals surface area (Å²) in [6.07, 6.45) is -3.58. The molecule has 2 heterocycles. The van der Waals surface area contributed by atoms with Crippen molar-refractivity contribution < 1.29 is 26.8 Å². The van der Waals surface area contributed by atoms with Crippen molar-refractivity contribution in [2.24, 2.45) is 0 Å². The van der Waals surface area contributed by atoms with Crippen LogP contribution in [0, 0.1) is 5.82 Å². The normalized spacial score (nSPS) is 18.7. The number of aromatic nitrogens is 2. The van der Waals surface area contributed by atoms with E-state index < -0.39 is 23.8 Å². The molecular formula is C15H13F4N3O2. The number of benzene rings is 1. The molecule has 1 amide bonds. The van der Waals surface area contributed by atoms with Crippen LogP contribution in [0.1, 0.15) is 40.9 Å². The van der Waals surface area contributed by atoms with Crippen LogP contribution in [0.15, 0.2) is 28.7 Å². The second-order valence-corrected chi connectivity index (χ2v) is 5.54. The van der Waals surface area contributed by atoms with Crippen molar-refractivity contribution in [3.63, 3.8) is 0 Å². The molecule has 24 heavy (non-hydrogen) atoms. The summed E-state index contributed by atoms with van der Waals surface area (Å²) in [4.78, 5) is 13.9. The minimum absolute atomic E-state index is 0.140. The lowest BCUT2D eigenvalue weighted by Gasteiger charge is -2.31. The van der Waals surface area contributed by atoms with Crippen molar-refractivity contribution in [1.29, 1.82) is 0 Å². The molecule has 0 bridgehead atoms. The third kappa shape index (κ3) is 3.39. The van der Waals surface area contributed by atoms with Crippen LogP contribution in [0.3, 0.4) is 0 Å². The summed E-state index contributed by atoms with van der Waals surface area (Å²) in [6, 6.07) is 5.27. The molecule has 1 aliphatic heterocycles. The molecular weight excluding hydrogens is 330 g/mol. The maximum absolute atomic E-state index is 13.2. The van der Waals surface area contributed by atoms with E-state index in [1.54, 1.807) is 0 Å². The van der Waals surface area contributed by atoms with Gasteiger partial charge in [0.05, 0.1) is 5.92 Å². The Labute approximate surface area is 134 Å². The molecule has 3 rings (SSSR count). The van der Waals surface area contributed by atoms with Crippen LogP contribution in [-0.4, -0.2) is 34.1 Å². The fraction of sp³-hybridized carbons (Fsp3) is 0.400. The number of halogens is 4. The summed E-state index contributed by atoms with van der Waals surface area (Å²) >= 11 is 0. The molecule has 0 N–H and O–H groups in total. The lowest BCUT2D eigenvalue weighted by atomic mass is 9.97. The number of rotatable bonds is 2. The van der Waals surface area contributed by atoms with Crippen LogP contribution in [0.2, 0.25) is 0 Å². The van der Waals surface area contributed by atoms with E-state index in [0.717, 1.165) is 6.07 Å². The van der Waals surface area contributed by atoms with Gasteiger partial charge in [0.2, 0.25) is 5.89 Å². The number of hydrogen-bond acceptors (Lipinski definition) is 4. The standard InChI is InChI=1S/C15H13F4N3O2/c16-11-5-1-3-9(7-11)13(23)22-6-2-4-10(8-22)12-20-21-14(24-12)15(17,18)19/h1,3,5,7,10H,2,4,6,8H2. The van der Waals surface area contributed by atoms with Crippen LogP contribution in [-0.2, 0) is 6.18 Å². The van der Waals surface area contributed by atoms with E-state index in [9.17, 15) is 22.4 Å². The van der Waals surface area contributed by atoms with Gasteiger partial charge in [-0.1, -0.05) is 6.07 Å². The van der Waals surface area contributed by atoms with Gasteiger partial charge >= 0.3 is 12.1 Å². The predicted molar refractivity (Wildman–Crippen MR) is 73.6 cm³/mol. The number of alkyl halides is 3. The van der Waals surface area contributed by atoms with E-state index in [0.29, 0.717) is 19.4 Å². The van der Waals surface area contributed by atoms with Gasteiger partial charge in [-0.05, 0) is 31.0 Å². The summed E-state index contributed by atoms with van der Waals surface area (Å²) in [6.45, 7) is 0.584. The summed E-state index contributed by atoms with van der Waals surface area (Å²) in [5.74, 6) is -2.92. The molecule has 0 spiro atoms. The first-order valence-electron chi connectivity index (χ1n) is 7.30. The Hall–Kier alpha value is -2.45. The first kappa shape index (κ1) is 16.4. The van der Waals surface area contributed by atoms with E-state index in [2.05, 4.69) is 10.2 Å². The van der Waals surface area contributed by atoms with Gasteiger partial charge in [-0.3, -0.25) is 4.79 Å². The molecule has 0 saturated carbocycles. The highest BCUT2D eigenvalue weighted by Crippen LogP contribution is 2.32. The van der Waals surface area contributed by atoms with Crippen molar-refractivity contribution >= 4 is 5.91 Å². The summed E-state index contributed by atoms with van der Waals surface area (Å²) in [7, 11) is 0. The largest absolute Gasteiger partial charge is 0.470 e. The first-order chi connectivity index (χ1) is 11.3. The minimum Gasteiger partial charge on any atom is -0.417 e. The second-order valence-electron chi connectivity index (χ2n) is 5.54. The van der Waals surface area contributed by atoms with Gasteiger partial charge in [0.1, 0.15) is 5.82 Å². The van der Waals surface area contributed by atoms with Crippen molar-refractivity contribution in [2.45, 2.75) is 24.9 Å². The number of hydrogen-bond donors (Lipinski definition) is 0. The molecule has 9 heteroatoms. The van der Waals surface area contributed by atoms with Crippen molar-refractivity contribution in [2.75, 3.05) is 13.1 Å². The molecule has 1 unspecified atom stereocenters. The van der Waals surface area contributed by atoms with Gasteiger partial charge in [-0.15, -0.1) is 10.2 Å². The topological polar surface area (TPSA) is 59.2 Å². The van der Waals surface area contributed by atoms with Crippen LogP contribution in [0.4, 0.5) is 17.6 Å². The third-order valence-corrected chi connectivity index (χ3v) is 3.81. The maximum Gasteiger partial charge on any atom is 0.470 e. The Morgan fingerprint density at radius 2 is 2.08 bits per heavy atom. The maximum atomic E-state index is 13.2. The van der Waals surface area contributed by atoms with Crippen LogP contribution in [0.25, 0.3) is 0 Å². The van der Waals surface area contributed by atoms with Crippen LogP contribution >= 0.6 is 0 Å². The summed E-state index contributed by atoms with van der Waals surface area (Å²) < 4.78 is 55.5. The molecule has 1 aromatic heterocycles. The van der Waals surface area contributed by atoms with E-state index in [4.69, 9.17) is 4.42 Å². The SMILES string of the molecule is O=C(c1cccc(F)c1)N1CCCC(c2nnc(C(F)(F)F)o2)C1. The second kappa shape index (κ2) is 6.21. The number of amides is 1. The molecule has 1 aliphatic rings. The molecule has 128 valence electrons. The Balaban J connectivity index is 1.75. The van der Waals surface area contributed by atoms with E-state index >= 15 is 0 Å². The van der Waals surface area contributed by atoms with E-state index in [1.807, 2.05) is 0 Å². The minimum atomic E-state index is -4.70. The van der Waals surface area contributed by atoms with Gasteiger partial charge in [-0.25, -0.2) is 4.39 Å². The Kier molecular flexibility index (Phi) is 4.25. The molecule has 0 radical (unpaired) electrons.